The minimum atomic E-state index is -0.481. The highest BCUT2D eigenvalue weighted by Crippen LogP contribution is 2.13. The highest BCUT2D eigenvalue weighted by atomic mass is 16.6. The molecule has 0 unspecified atom stereocenters. The lowest BCUT2D eigenvalue weighted by molar-refractivity contribution is -0.389. The number of nitrogens with zero attached hydrogens (tertiary/aromatic N) is 2. The molecule has 5 nitrogen and oxygen atoms in total. The van der Waals surface area contributed by atoms with E-state index in [1.165, 1.54) is 0 Å². The number of aromatic nitrogens is 2. The summed E-state index contributed by atoms with van der Waals surface area (Å²) in [5.74, 6) is 0.594. The molecule has 5 heteroatoms. The van der Waals surface area contributed by atoms with Gasteiger partial charge in [0, 0.05) is 6.42 Å². The van der Waals surface area contributed by atoms with Gasteiger partial charge in [0.25, 0.3) is 0 Å². The van der Waals surface area contributed by atoms with Crippen LogP contribution in [0.15, 0.2) is 0 Å². The van der Waals surface area contributed by atoms with Crippen LogP contribution in [0, 0.1) is 17.0 Å². The lowest BCUT2D eigenvalue weighted by Gasteiger charge is -1.85. The van der Waals surface area contributed by atoms with Gasteiger partial charge in [0.1, 0.15) is 5.69 Å². The fourth-order valence-corrected chi connectivity index (χ4v) is 0.857. The van der Waals surface area contributed by atoms with Gasteiger partial charge < -0.3 is 15.1 Å². The third kappa shape index (κ3) is 1.36. The Morgan fingerprint density at radius 3 is 2.64 bits per heavy atom. The van der Waals surface area contributed by atoms with Crippen molar-refractivity contribution in [2.75, 3.05) is 0 Å². The van der Waals surface area contributed by atoms with Crippen LogP contribution in [0.2, 0.25) is 0 Å². The smallest absolute Gasteiger partial charge is 0.358 e. The van der Waals surface area contributed by atoms with Crippen molar-refractivity contribution in [1.82, 2.24) is 9.97 Å². The first-order valence-corrected chi connectivity index (χ1v) is 3.35. The first-order chi connectivity index (χ1) is 5.15. The lowest BCUT2D eigenvalue weighted by atomic mass is 10.5. The van der Waals surface area contributed by atoms with E-state index in [1.54, 1.807) is 6.92 Å². The van der Waals surface area contributed by atoms with Crippen LogP contribution in [0.25, 0.3) is 0 Å². The quantitative estimate of drug-likeness (QED) is 0.515. The second-order valence-electron chi connectivity index (χ2n) is 2.24. The zero-order chi connectivity index (χ0) is 8.43. The average Bonchev–Trinajstić information content (AvgIpc) is 2.30. The predicted octanol–water partition coefficient (Wildman–Crippen LogP) is 1.19. The summed E-state index contributed by atoms with van der Waals surface area (Å²) in [4.78, 5) is 16.4. The summed E-state index contributed by atoms with van der Waals surface area (Å²) in [5, 5.41) is 10.3. The molecule has 0 aliphatic carbocycles. The molecule has 11 heavy (non-hydrogen) atoms. The van der Waals surface area contributed by atoms with Crippen LogP contribution in [0.4, 0.5) is 5.82 Å². The number of nitrogens with one attached hydrogen (secondary N) is 1. The molecule has 0 saturated carbocycles. The van der Waals surface area contributed by atoms with Crippen molar-refractivity contribution >= 4 is 5.82 Å². The van der Waals surface area contributed by atoms with E-state index in [4.69, 9.17) is 0 Å². The molecule has 0 saturated heterocycles. The summed E-state index contributed by atoms with van der Waals surface area (Å²) in [6.45, 7) is 3.53. The Morgan fingerprint density at radius 1 is 1.73 bits per heavy atom. The molecule has 1 N–H and O–H groups in total. The van der Waals surface area contributed by atoms with E-state index < -0.39 is 4.92 Å². The summed E-state index contributed by atoms with van der Waals surface area (Å²) in [7, 11) is 0. The summed E-state index contributed by atoms with van der Waals surface area (Å²) in [6, 6.07) is 0. The van der Waals surface area contributed by atoms with Gasteiger partial charge in [-0.05, 0) is 16.8 Å². The molecular weight excluding hydrogens is 146 g/mol. The van der Waals surface area contributed by atoms with Crippen molar-refractivity contribution in [3.8, 4) is 0 Å². The van der Waals surface area contributed by atoms with Crippen LogP contribution in [0.1, 0.15) is 18.4 Å². The van der Waals surface area contributed by atoms with Gasteiger partial charge in [-0.3, -0.25) is 0 Å². The summed E-state index contributed by atoms with van der Waals surface area (Å²) < 4.78 is 0. The van der Waals surface area contributed by atoms with Crippen molar-refractivity contribution in [3.63, 3.8) is 0 Å². The number of hydrogen-bond acceptors (Lipinski definition) is 3. The number of hydrogen-bond donors (Lipinski definition) is 1. The van der Waals surface area contributed by atoms with E-state index >= 15 is 0 Å². The summed E-state index contributed by atoms with van der Waals surface area (Å²) >= 11 is 0. The van der Waals surface area contributed by atoms with Crippen LogP contribution in [0.3, 0.4) is 0 Å². The Kier molecular flexibility index (Phi) is 1.89. The first-order valence-electron chi connectivity index (χ1n) is 3.35. The topological polar surface area (TPSA) is 71.8 Å². The summed E-state index contributed by atoms with van der Waals surface area (Å²) in [6.07, 6.45) is 0.689. The van der Waals surface area contributed by atoms with Crippen LogP contribution >= 0.6 is 0 Å². The zero-order valence-electron chi connectivity index (χ0n) is 6.42. The van der Waals surface area contributed by atoms with Crippen molar-refractivity contribution < 1.29 is 4.92 Å². The van der Waals surface area contributed by atoms with Gasteiger partial charge in [-0.1, -0.05) is 6.92 Å². The molecule has 0 bridgehead atoms. The highest BCUT2D eigenvalue weighted by molar-refractivity contribution is 5.26. The maximum Gasteiger partial charge on any atom is 0.384 e. The Morgan fingerprint density at radius 2 is 2.36 bits per heavy atom. The van der Waals surface area contributed by atoms with Crippen molar-refractivity contribution in [1.29, 1.82) is 0 Å². The third-order valence-electron chi connectivity index (χ3n) is 1.42. The van der Waals surface area contributed by atoms with Gasteiger partial charge in [0.2, 0.25) is 5.82 Å². The molecule has 1 heterocycles. The number of rotatable bonds is 2. The number of H-pyrrole nitrogens is 1. The molecule has 0 amide bonds. The molecule has 0 aliphatic rings. The second-order valence-corrected chi connectivity index (χ2v) is 2.24. The molecule has 0 spiro atoms. The fourth-order valence-electron chi connectivity index (χ4n) is 0.857. The van der Waals surface area contributed by atoms with Gasteiger partial charge in [-0.25, -0.2) is 0 Å². The molecule has 0 fully saturated rings. The van der Waals surface area contributed by atoms with E-state index in [2.05, 4.69) is 9.97 Å². The highest BCUT2D eigenvalue weighted by Gasteiger charge is 2.16. The molecule has 0 radical (unpaired) electrons. The van der Waals surface area contributed by atoms with Crippen LogP contribution in [0.5, 0.6) is 0 Å². The Labute approximate surface area is 63.6 Å². The number of aromatic amines is 1. The molecular formula is C6H9N3O2. The van der Waals surface area contributed by atoms with E-state index in [9.17, 15) is 10.1 Å². The van der Waals surface area contributed by atoms with Gasteiger partial charge in [0.05, 0.1) is 0 Å². The first kappa shape index (κ1) is 7.71. The minimum Gasteiger partial charge on any atom is -0.358 e. The third-order valence-corrected chi connectivity index (χ3v) is 1.42. The van der Waals surface area contributed by atoms with Gasteiger partial charge in [0.15, 0.2) is 0 Å². The maximum atomic E-state index is 10.3. The minimum absolute atomic E-state index is 0.0677. The van der Waals surface area contributed by atoms with E-state index in [0.717, 1.165) is 0 Å². The van der Waals surface area contributed by atoms with Crippen molar-refractivity contribution in [2.24, 2.45) is 0 Å². The number of imidazole rings is 1. The number of nitro groups is 1. The number of aryl methyl sites for hydroxylation is 2. The Balaban J connectivity index is 3.07. The molecule has 60 valence electrons. The zero-order valence-corrected chi connectivity index (χ0v) is 6.42. The Bertz CT molecular complexity index is 279. The molecule has 1 aromatic heterocycles. The monoisotopic (exact) mass is 155 g/mol. The molecule has 0 aromatic carbocycles. The van der Waals surface area contributed by atoms with Crippen LogP contribution < -0.4 is 0 Å². The van der Waals surface area contributed by atoms with Crippen LogP contribution in [-0.4, -0.2) is 14.9 Å². The normalized spacial score (nSPS) is 10.0. The van der Waals surface area contributed by atoms with E-state index in [1.807, 2.05) is 6.92 Å². The Hall–Kier alpha value is -1.39. The summed E-state index contributed by atoms with van der Waals surface area (Å²) in [5.41, 5.74) is 0.520. The van der Waals surface area contributed by atoms with Crippen molar-refractivity contribution in [2.45, 2.75) is 20.3 Å². The molecule has 1 rings (SSSR count). The molecule has 1 aromatic rings. The van der Waals surface area contributed by atoms with Crippen molar-refractivity contribution in [3.05, 3.63) is 21.6 Å². The standard InChI is InChI=1S/C6H9N3O2/c1-3-5-7-4(2)6(8-5)9(10)11/h3H2,1-2H3,(H,7,8). The maximum absolute atomic E-state index is 10.3. The van der Waals surface area contributed by atoms with Gasteiger partial charge in [-0.15, -0.1) is 0 Å². The van der Waals surface area contributed by atoms with E-state index in [-0.39, 0.29) is 5.82 Å². The predicted molar refractivity (Wildman–Crippen MR) is 39.4 cm³/mol. The fraction of sp³-hybridized carbons (Fsp3) is 0.500. The average molecular weight is 155 g/mol. The molecule has 0 atom stereocenters. The SMILES string of the molecule is CCc1nc([N+](=O)[O-])c(C)[nH]1. The molecule has 0 aliphatic heterocycles. The van der Waals surface area contributed by atoms with Crippen LogP contribution in [-0.2, 0) is 6.42 Å². The van der Waals surface area contributed by atoms with Gasteiger partial charge >= 0.3 is 5.82 Å². The largest absolute Gasteiger partial charge is 0.384 e. The van der Waals surface area contributed by atoms with E-state index in [0.29, 0.717) is 17.9 Å². The lowest BCUT2D eigenvalue weighted by Crippen LogP contribution is -1.89. The van der Waals surface area contributed by atoms with Gasteiger partial charge in [-0.2, -0.15) is 0 Å². The second kappa shape index (κ2) is 2.69.